The molecule has 0 spiro atoms. The molecular weight excluding hydrogens is 260 g/mol. The van der Waals surface area contributed by atoms with E-state index in [-0.39, 0.29) is 17.9 Å². The fraction of sp³-hybridized carbons (Fsp3) is 0.714. The molecule has 0 bridgehead atoms. The molecule has 6 heteroatoms. The molecule has 1 atom stereocenters. The summed E-state index contributed by atoms with van der Waals surface area (Å²) in [6.45, 7) is 8.49. The minimum atomic E-state index is -0.812. The Kier molecular flexibility index (Phi) is 4.45. The van der Waals surface area contributed by atoms with Gasteiger partial charge in [0.25, 0.3) is 0 Å². The van der Waals surface area contributed by atoms with E-state index in [1.807, 2.05) is 0 Å². The van der Waals surface area contributed by atoms with Gasteiger partial charge >= 0.3 is 5.97 Å². The highest BCUT2D eigenvalue weighted by Gasteiger charge is 2.27. The summed E-state index contributed by atoms with van der Waals surface area (Å²) in [6.07, 6.45) is 1.83. The first-order valence-corrected chi connectivity index (χ1v) is 6.85. The fourth-order valence-corrected chi connectivity index (χ4v) is 2.19. The fourth-order valence-electron chi connectivity index (χ4n) is 2.19. The molecule has 1 aromatic heterocycles. The summed E-state index contributed by atoms with van der Waals surface area (Å²) in [5, 5.41) is 8.94. The largest absolute Gasteiger partial charge is 0.481 e. The second-order valence-corrected chi connectivity index (χ2v) is 6.17. The highest BCUT2D eigenvalue weighted by Crippen LogP contribution is 2.24. The van der Waals surface area contributed by atoms with Crippen molar-refractivity contribution in [1.82, 2.24) is 9.88 Å². The lowest BCUT2D eigenvalue weighted by atomic mass is 9.94. The number of aliphatic carboxylic acids is 1. The first-order valence-electron chi connectivity index (χ1n) is 6.85. The van der Waals surface area contributed by atoms with Crippen molar-refractivity contribution in [2.75, 3.05) is 19.8 Å². The van der Waals surface area contributed by atoms with E-state index in [1.54, 1.807) is 6.20 Å². The van der Waals surface area contributed by atoms with Gasteiger partial charge in [-0.15, -0.1) is 0 Å². The van der Waals surface area contributed by atoms with E-state index >= 15 is 0 Å². The number of rotatable bonds is 4. The first-order chi connectivity index (χ1) is 9.36. The molecule has 0 radical (unpaired) electrons. The zero-order valence-corrected chi connectivity index (χ0v) is 12.3. The maximum Gasteiger partial charge on any atom is 0.305 e. The Labute approximate surface area is 118 Å². The maximum absolute atomic E-state index is 10.9. The van der Waals surface area contributed by atoms with Crippen molar-refractivity contribution < 1.29 is 19.1 Å². The molecule has 1 fully saturated rings. The zero-order chi connectivity index (χ0) is 14.8. The Morgan fingerprint density at radius 3 is 2.90 bits per heavy atom. The van der Waals surface area contributed by atoms with E-state index in [1.165, 1.54) is 0 Å². The number of morpholine rings is 1. The predicted octanol–water partition coefficient (Wildman–Crippen LogP) is 1.65. The molecule has 20 heavy (non-hydrogen) atoms. The third kappa shape index (κ3) is 3.80. The molecule has 1 N–H and O–H groups in total. The van der Waals surface area contributed by atoms with Crippen molar-refractivity contribution >= 4 is 5.97 Å². The molecule has 6 nitrogen and oxygen atoms in total. The Morgan fingerprint density at radius 1 is 1.55 bits per heavy atom. The molecule has 1 aromatic rings. The summed E-state index contributed by atoms with van der Waals surface area (Å²) in [5.41, 5.74) is -0.0727. The highest BCUT2D eigenvalue weighted by atomic mass is 16.5. The van der Waals surface area contributed by atoms with Crippen molar-refractivity contribution in [3.63, 3.8) is 0 Å². The SMILES string of the molecule is CC(C)(C)c1cnc(CN2CCOCC2CC(=O)O)o1. The monoisotopic (exact) mass is 282 g/mol. The van der Waals surface area contributed by atoms with Crippen LogP contribution in [0.2, 0.25) is 0 Å². The number of hydrogen-bond acceptors (Lipinski definition) is 5. The molecular formula is C14H22N2O4. The third-order valence-corrected chi connectivity index (χ3v) is 3.39. The molecule has 112 valence electrons. The number of carbonyl (C=O) groups is 1. The quantitative estimate of drug-likeness (QED) is 0.905. The van der Waals surface area contributed by atoms with Gasteiger partial charge in [0.2, 0.25) is 5.89 Å². The van der Waals surface area contributed by atoms with Crippen molar-refractivity contribution in [2.24, 2.45) is 0 Å². The van der Waals surface area contributed by atoms with E-state index in [9.17, 15) is 4.79 Å². The summed E-state index contributed by atoms with van der Waals surface area (Å²) < 4.78 is 11.1. The second kappa shape index (κ2) is 5.93. The van der Waals surface area contributed by atoms with Crippen LogP contribution in [0.4, 0.5) is 0 Å². The minimum Gasteiger partial charge on any atom is -0.481 e. The van der Waals surface area contributed by atoms with Crippen molar-refractivity contribution in [2.45, 2.75) is 45.2 Å². The van der Waals surface area contributed by atoms with Gasteiger partial charge in [-0.1, -0.05) is 20.8 Å². The van der Waals surface area contributed by atoms with Crippen LogP contribution in [0.15, 0.2) is 10.6 Å². The minimum absolute atomic E-state index is 0.0727. The third-order valence-electron chi connectivity index (χ3n) is 3.39. The Morgan fingerprint density at radius 2 is 2.30 bits per heavy atom. The van der Waals surface area contributed by atoms with Crippen LogP contribution < -0.4 is 0 Å². The van der Waals surface area contributed by atoms with Crippen molar-refractivity contribution in [3.8, 4) is 0 Å². The van der Waals surface area contributed by atoms with Gasteiger partial charge in [-0.05, 0) is 0 Å². The molecule has 2 heterocycles. The number of carboxylic acids is 1. The van der Waals surface area contributed by atoms with Crippen LogP contribution >= 0.6 is 0 Å². The van der Waals surface area contributed by atoms with E-state index in [4.69, 9.17) is 14.3 Å². The molecule has 1 aliphatic rings. The summed E-state index contributed by atoms with van der Waals surface area (Å²) in [7, 11) is 0. The number of oxazole rings is 1. The molecule has 2 rings (SSSR count). The molecule has 0 aliphatic carbocycles. The number of aromatic nitrogens is 1. The van der Waals surface area contributed by atoms with E-state index in [0.29, 0.717) is 32.2 Å². The smallest absolute Gasteiger partial charge is 0.305 e. The molecule has 1 unspecified atom stereocenters. The lowest BCUT2D eigenvalue weighted by Crippen LogP contribution is -2.45. The summed E-state index contributed by atoms with van der Waals surface area (Å²) in [5.74, 6) is 0.663. The van der Waals surface area contributed by atoms with Crippen molar-refractivity contribution in [1.29, 1.82) is 0 Å². The molecule has 0 aromatic carbocycles. The molecule has 1 saturated heterocycles. The average molecular weight is 282 g/mol. The van der Waals surface area contributed by atoms with Gasteiger partial charge in [-0.25, -0.2) is 4.98 Å². The maximum atomic E-state index is 10.9. The lowest BCUT2D eigenvalue weighted by Gasteiger charge is -2.33. The summed E-state index contributed by atoms with van der Waals surface area (Å²) in [4.78, 5) is 17.2. The number of carboxylic acid groups (broad SMARTS) is 1. The van der Waals surface area contributed by atoms with Crippen LogP contribution in [0.1, 0.15) is 38.8 Å². The lowest BCUT2D eigenvalue weighted by molar-refractivity contribution is -0.140. The first kappa shape index (κ1) is 15.0. The van der Waals surface area contributed by atoms with E-state index in [2.05, 4.69) is 30.7 Å². The second-order valence-electron chi connectivity index (χ2n) is 6.17. The topological polar surface area (TPSA) is 75.8 Å². The van der Waals surface area contributed by atoms with Gasteiger partial charge in [0.15, 0.2) is 0 Å². The zero-order valence-electron chi connectivity index (χ0n) is 12.3. The normalized spacial score (nSPS) is 21.1. The van der Waals surface area contributed by atoms with Gasteiger partial charge in [0.1, 0.15) is 5.76 Å². The van der Waals surface area contributed by atoms with Crippen LogP contribution in [0, 0.1) is 0 Å². The Hall–Kier alpha value is -1.40. The Bertz CT molecular complexity index is 464. The predicted molar refractivity (Wildman–Crippen MR) is 72.5 cm³/mol. The molecule has 1 aliphatic heterocycles. The number of ether oxygens (including phenoxy) is 1. The molecule has 0 saturated carbocycles. The van der Waals surface area contributed by atoms with Gasteiger partial charge in [0, 0.05) is 18.0 Å². The average Bonchev–Trinajstić information content (AvgIpc) is 2.79. The van der Waals surface area contributed by atoms with Crippen LogP contribution in [-0.4, -0.2) is 46.8 Å². The summed E-state index contributed by atoms with van der Waals surface area (Å²) in [6, 6.07) is -0.119. The standard InChI is InChI=1S/C14H22N2O4/c1-14(2,3)11-7-15-12(20-11)8-16-4-5-19-9-10(16)6-13(17)18/h7,10H,4-6,8-9H2,1-3H3,(H,17,18). The number of hydrogen-bond donors (Lipinski definition) is 1. The van der Waals surface area contributed by atoms with Gasteiger partial charge in [-0.3, -0.25) is 9.69 Å². The van der Waals surface area contributed by atoms with Crippen LogP contribution in [0.25, 0.3) is 0 Å². The summed E-state index contributed by atoms with van der Waals surface area (Å²) >= 11 is 0. The Balaban J connectivity index is 2.03. The van der Waals surface area contributed by atoms with Crippen LogP contribution in [-0.2, 0) is 21.5 Å². The number of nitrogens with zero attached hydrogens (tertiary/aromatic N) is 2. The van der Waals surface area contributed by atoms with Gasteiger partial charge in [-0.2, -0.15) is 0 Å². The molecule has 0 amide bonds. The van der Waals surface area contributed by atoms with E-state index < -0.39 is 5.97 Å². The van der Waals surface area contributed by atoms with Crippen LogP contribution in [0.5, 0.6) is 0 Å². The van der Waals surface area contributed by atoms with Crippen molar-refractivity contribution in [3.05, 3.63) is 17.8 Å². The van der Waals surface area contributed by atoms with E-state index in [0.717, 1.165) is 5.76 Å². The van der Waals surface area contributed by atoms with Gasteiger partial charge < -0.3 is 14.3 Å². The van der Waals surface area contributed by atoms with Gasteiger partial charge in [0.05, 0.1) is 32.4 Å². The van der Waals surface area contributed by atoms with Crippen LogP contribution in [0.3, 0.4) is 0 Å². The highest BCUT2D eigenvalue weighted by molar-refractivity contribution is 5.67.